The zero-order valence-electron chi connectivity index (χ0n) is 12.3. The number of para-hydroxylation sites is 1. The lowest BCUT2D eigenvalue weighted by molar-refractivity contribution is -0.139. The Balaban J connectivity index is 1.93. The smallest absolute Gasteiger partial charge is 0.263 e. The predicted octanol–water partition coefficient (Wildman–Crippen LogP) is 2.04. The molecule has 0 aliphatic carbocycles. The van der Waals surface area contributed by atoms with Crippen LogP contribution in [0.4, 0.5) is 0 Å². The summed E-state index contributed by atoms with van der Waals surface area (Å²) in [5.74, 6) is 1.19. The van der Waals surface area contributed by atoms with Crippen molar-refractivity contribution in [3.05, 3.63) is 30.3 Å². The summed E-state index contributed by atoms with van der Waals surface area (Å²) in [6.45, 7) is 5.39. The molecule has 3 atom stereocenters. The Morgan fingerprint density at radius 2 is 2.05 bits per heavy atom. The van der Waals surface area contributed by atoms with Crippen LogP contribution >= 0.6 is 0 Å². The van der Waals surface area contributed by atoms with E-state index in [1.54, 1.807) is 0 Å². The van der Waals surface area contributed by atoms with Crippen molar-refractivity contribution < 1.29 is 9.53 Å². The summed E-state index contributed by atoms with van der Waals surface area (Å²) in [7, 11) is 0. The number of rotatable bonds is 4. The summed E-state index contributed by atoms with van der Waals surface area (Å²) in [4.78, 5) is 14.3. The Kier molecular flexibility index (Phi) is 5.01. The molecule has 2 rings (SSSR count). The fourth-order valence-electron chi connectivity index (χ4n) is 2.65. The molecule has 110 valence electrons. The number of hydrogen-bond donors (Lipinski definition) is 1. The molecule has 0 bridgehead atoms. The van der Waals surface area contributed by atoms with Crippen LogP contribution in [-0.4, -0.2) is 36.0 Å². The predicted molar refractivity (Wildman–Crippen MR) is 79.5 cm³/mol. The van der Waals surface area contributed by atoms with Crippen LogP contribution in [0.3, 0.4) is 0 Å². The lowest BCUT2D eigenvalue weighted by Gasteiger charge is -2.35. The minimum absolute atomic E-state index is 0.0548. The van der Waals surface area contributed by atoms with Crippen LogP contribution in [0.2, 0.25) is 0 Å². The van der Waals surface area contributed by atoms with Crippen LogP contribution in [0.5, 0.6) is 5.75 Å². The lowest BCUT2D eigenvalue weighted by atomic mass is 9.92. The van der Waals surface area contributed by atoms with Crippen molar-refractivity contribution in [2.24, 2.45) is 11.7 Å². The summed E-state index contributed by atoms with van der Waals surface area (Å²) in [5.41, 5.74) is 5.96. The van der Waals surface area contributed by atoms with Gasteiger partial charge in [0.1, 0.15) is 5.75 Å². The van der Waals surface area contributed by atoms with Gasteiger partial charge < -0.3 is 15.4 Å². The van der Waals surface area contributed by atoms with Gasteiger partial charge in [0, 0.05) is 19.1 Å². The second-order valence-electron chi connectivity index (χ2n) is 5.62. The molecule has 1 aliphatic heterocycles. The number of amides is 1. The highest BCUT2D eigenvalue weighted by atomic mass is 16.5. The molecule has 0 unspecified atom stereocenters. The van der Waals surface area contributed by atoms with Crippen LogP contribution in [0.1, 0.15) is 26.7 Å². The molecule has 1 aromatic rings. The van der Waals surface area contributed by atoms with Gasteiger partial charge in [-0.05, 0) is 44.7 Å². The van der Waals surface area contributed by atoms with Gasteiger partial charge in [0.2, 0.25) is 0 Å². The standard InChI is InChI=1S/C16H24N2O2/c1-12(17)14-7-6-10-18(11-14)16(19)13(2)20-15-8-4-3-5-9-15/h3-5,8-9,12-14H,6-7,10-11,17H2,1-2H3/t12-,13-,14-/m0/s1. The van der Waals surface area contributed by atoms with Gasteiger partial charge in [-0.25, -0.2) is 0 Å². The van der Waals surface area contributed by atoms with E-state index in [1.165, 1.54) is 0 Å². The molecule has 1 amide bonds. The Bertz CT molecular complexity index is 433. The van der Waals surface area contributed by atoms with E-state index in [0.717, 1.165) is 31.7 Å². The lowest BCUT2D eigenvalue weighted by Crippen LogP contribution is -2.48. The Morgan fingerprint density at radius 1 is 1.35 bits per heavy atom. The quantitative estimate of drug-likeness (QED) is 0.915. The van der Waals surface area contributed by atoms with Crippen molar-refractivity contribution in [2.45, 2.75) is 38.8 Å². The maximum Gasteiger partial charge on any atom is 0.263 e. The normalized spacial score (nSPS) is 22.1. The van der Waals surface area contributed by atoms with E-state index in [2.05, 4.69) is 0 Å². The molecule has 0 spiro atoms. The SMILES string of the molecule is C[C@H](Oc1ccccc1)C(=O)N1CCC[C@H]([C@H](C)N)C1. The monoisotopic (exact) mass is 276 g/mol. The molecule has 1 aliphatic rings. The van der Waals surface area contributed by atoms with Crippen LogP contribution in [-0.2, 0) is 4.79 Å². The van der Waals surface area contributed by atoms with E-state index < -0.39 is 6.10 Å². The van der Waals surface area contributed by atoms with Crippen LogP contribution in [0.15, 0.2) is 30.3 Å². The van der Waals surface area contributed by atoms with Crippen molar-refractivity contribution in [3.63, 3.8) is 0 Å². The van der Waals surface area contributed by atoms with Crippen LogP contribution in [0.25, 0.3) is 0 Å². The summed E-state index contributed by atoms with van der Waals surface area (Å²) in [6.07, 6.45) is 1.68. The van der Waals surface area contributed by atoms with Gasteiger partial charge in [0.05, 0.1) is 0 Å². The average molecular weight is 276 g/mol. The van der Waals surface area contributed by atoms with Gasteiger partial charge in [-0.2, -0.15) is 0 Å². The molecular formula is C16H24N2O2. The highest BCUT2D eigenvalue weighted by Crippen LogP contribution is 2.20. The van der Waals surface area contributed by atoms with E-state index in [-0.39, 0.29) is 11.9 Å². The third-order valence-electron chi connectivity index (χ3n) is 3.92. The number of nitrogens with two attached hydrogens (primary N) is 1. The number of benzene rings is 1. The Morgan fingerprint density at radius 3 is 2.70 bits per heavy atom. The first kappa shape index (κ1) is 14.9. The number of likely N-dealkylation sites (tertiary alicyclic amines) is 1. The minimum atomic E-state index is -0.454. The van der Waals surface area contributed by atoms with E-state index in [9.17, 15) is 4.79 Å². The van der Waals surface area contributed by atoms with Gasteiger partial charge in [-0.1, -0.05) is 18.2 Å². The first-order chi connectivity index (χ1) is 9.58. The molecule has 2 N–H and O–H groups in total. The average Bonchev–Trinajstić information content (AvgIpc) is 2.47. The van der Waals surface area contributed by atoms with Gasteiger partial charge in [-0.15, -0.1) is 0 Å². The zero-order valence-corrected chi connectivity index (χ0v) is 12.3. The van der Waals surface area contributed by atoms with Gasteiger partial charge >= 0.3 is 0 Å². The van der Waals surface area contributed by atoms with E-state index in [1.807, 2.05) is 49.1 Å². The minimum Gasteiger partial charge on any atom is -0.481 e. The van der Waals surface area contributed by atoms with Crippen molar-refractivity contribution in [1.29, 1.82) is 0 Å². The van der Waals surface area contributed by atoms with Gasteiger partial charge in [0.15, 0.2) is 6.10 Å². The first-order valence-corrected chi connectivity index (χ1v) is 7.34. The number of carbonyl (C=O) groups is 1. The topological polar surface area (TPSA) is 55.6 Å². The van der Waals surface area contributed by atoms with Gasteiger partial charge in [-0.3, -0.25) is 4.79 Å². The van der Waals surface area contributed by atoms with Crippen molar-refractivity contribution in [3.8, 4) is 5.75 Å². The van der Waals surface area contributed by atoms with Crippen LogP contribution in [0, 0.1) is 5.92 Å². The largest absolute Gasteiger partial charge is 0.481 e. The Hall–Kier alpha value is -1.55. The summed E-state index contributed by atoms with van der Waals surface area (Å²) < 4.78 is 5.70. The van der Waals surface area contributed by atoms with Crippen LogP contribution < -0.4 is 10.5 Å². The second kappa shape index (κ2) is 6.75. The number of carbonyl (C=O) groups excluding carboxylic acids is 1. The summed E-state index contributed by atoms with van der Waals surface area (Å²) in [6, 6.07) is 9.60. The highest BCUT2D eigenvalue weighted by molar-refractivity contribution is 5.81. The number of ether oxygens (including phenoxy) is 1. The number of hydrogen-bond acceptors (Lipinski definition) is 3. The number of nitrogens with zero attached hydrogens (tertiary/aromatic N) is 1. The van der Waals surface area contributed by atoms with E-state index in [4.69, 9.17) is 10.5 Å². The van der Waals surface area contributed by atoms with Crippen molar-refractivity contribution in [1.82, 2.24) is 4.90 Å². The molecule has 1 heterocycles. The van der Waals surface area contributed by atoms with Crippen molar-refractivity contribution in [2.75, 3.05) is 13.1 Å². The molecule has 1 fully saturated rings. The summed E-state index contributed by atoms with van der Waals surface area (Å²) >= 11 is 0. The zero-order chi connectivity index (χ0) is 14.5. The molecule has 1 aromatic carbocycles. The maximum atomic E-state index is 12.4. The van der Waals surface area contributed by atoms with Gasteiger partial charge in [0.25, 0.3) is 5.91 Å². The molecule has 1 saturated heterocycles. The third-order valence-corrected chi connectivity index (χ3v) is 3.92. The van der Waals surface area contributed by atoms with Crippen molar-refractivity contribution >= 4 is 5.91 Å². The number of piperidine rings is 1. The van der Waals surface area contributed by atoms with E-state index >= 15 is 0 Å². The molecule has 0 aromatic heterocycles. The fraction of sp³-hybridized carbons (Fsp3) is 0.562. The maximum absolute atomic E-state index is 12.4. The fourth-order valence-corrected chi connectivity index (χ4v) is 2.65. The molecule has 20 heavy (non-hydrogen) atoms. The third kappa shape index (κ3) is 3.73. The molecule has 4 heteroatoms. The highest BCUT2D eigenvalue weighted by Gasteiger charge is 2.29. The van der Waals surface area contributed by atoms with E-state index in [0.29, 0.717) is 5.92 Å². The molecular weight excluding hydrogens is 252 g/mol. The molecule has 4 nitrogen and oxygen atoms in total. The summed E-state index contributed by atoms with van der Waals surface area (Å²) in [5, 5.41) is 0. The second-order valence-corrected chi connectivity index (χ2v) is 5.62. The Labute approximate surface area is 120 Å². The molecule has 0 saturated carbocycles. The first-order valence-electron chi connectivity index (χ1n) is 7.34. The molecule has 0 radical (unpaired) electrons.